The Morgan fingerprint density at radius 3 is 2.20 bits per heavy atom. The largest absolute Gasteiger partial charge is 0.299 e. The molecule has 0 radical (unpaired) electrons. The zero-order valence-corrected chi connectivity index (χ0v) is 7.27. The summed E-state index contributed by atoms with van der Waals surface area (Å²) >= 11 is 0. The van der Waals surface area contributed by atoms with Gasteiger partial charge in [-0.05, 0) is 12.3 Å². The molecule has 0 heterocycles. The number of rotatable bonds is 1. The summed E-state index contributed by atoms with van der Waals surface area (Å²) < 4.78 is 0. The minimum atomic E-state index is -0.0271. The Hall–Kier alpha value is -0.330. The molecule has 1 nitrogen and oxygen atoms in total. The van der Waals surface area contributed by atoms with Crippen LogP contribution in [0.5, 0.6) is 0 Å². The molecular formula is C9H16O. The van der Waals surface area contributed by atoms with E-state index < -0.39 is 0 Å². The van der Waals surface area contributed by atoms with E-state index in [0.29, 0.717) is 17.6 Å². The molecule has 1 saturated carbocycles. The average molecular weight is 140 g/mol. The Balaban J connectivity index is 2.68. The maximum absolute atomic E-state index is 11.3. The van der Waals surface area contributed by atoms with Gasteiger partial charge in [0.25, 0.3) is 0 Å². The fourth-order valence-corrected chi connectivity index (χ4v) is 1.87. The average Bonchev–Trinajstić information content (AvgIpc) is 1.89. The van der Waals surface area contributed by atoms with E-state index in [-0.39, 0.29) is 5.41 Å². The van der Waals surface area contributed by atoms with Crippen molar-refractivity contribution in [3.63, 3.8) is 0 Å². The van der Waals surface area contributed by atoms with Crippen LogP contribution >= 0.6 is 0 Å². The predicted octanol–water partition coefficient (Wildman–Crippen LogP) is 2.26. The molecule has 0 N–H and O–H groups in total. The summed E-state index contributed by atoms with van der Waals surface area (Å²) in [4.78, 5) is 11.3. The van der Waals surface area contributed by atoms with Crippen LogP contribution in [0.3, 0.4) is 0 Å². The molecule has 0 spiro atoms. The van der Waals surface area contributed by atoms with Gasteiger partial charge in [0.2, 0.25) is 0 Å². The van der Waals surface area contributed by atoms with Crippen LogP contribution in [0.25, 0.3) is 0 Å². The summed E-state index contributed by atoms with van der Waals surface area (Å²) in [5.74, 6) is 1.41. The molecule has 58 valence electrons. The van der Waals surface area contributed by atoms with Crippen LogP contribution in [-0.4, -0.2) is 5.78 Å². The minimum Gasteiger partial charge on any atom is -0.299 e. The molecule has 2 atom stereocenters. The monoisotopic (exact) mass is 140 g/mol. The van der Waals surface area contributed by atoms with Crippen molar-refractivity contribution in [1.29, 1.82) is 0 Å². The van der Waals surface area contributed by atoms with E-state index in [4.69, 9.17) is 0 Å². The number of carbonyl (C=O) groups excluding carboxylic acids is 1. The molecule has 1 rings (SSSR count). The zero-order chi connectivity index (χ0) is 7.94. The van der Waals surface area contributed by atoms with Crippen molar-refractivity contribution in [3.05, 3.63) is 0 Å². The first-order valence-electron chi connectivity index (χ1n) is 4.06. The lowest BCUT2D eigenvalue weighted by Gasteiger charge is -2.47. The van der Waals surface area contributed by atoms with E-state index in [1.807, 2.05) is 13.8 Å². The van der Waals surface area contributed by atoms with Gasteiger partial charge >= 0.3 is 0 Å². The summed E-state index contributed by atoms with van der Waals surface area (Å²) in [6.45, 7) is 8.36. The lowest BCUT2D eigenvalue weighted by molar-refractivity contribution is -0.152. The molecule has 1 heteroatoms. The quantitative estimate of drug-likeness (QED) is 0.546. The van der Waals surface area contributed by atoms with Gasteiger partial charge in [-0.25, -0.2) is 0 Å². The summed E-state index contributed by atoms with van der Waals surface area (Å²) in [5.41, 5.74) is -0.0271. The second kappa shape index (κ2) is 2.08. The zero-order valence-electron chi connectivity index (χ0n) is 7.27. The molecule has 0 aromatic carbocycles. The normalized spacial score (nSPS) is 37.4. The second-order valence-corrected chi connectivity index (χ2v) is 3.89. The van der Waals surface area contributed by atoms with E-state index >= 15 is 0 Å². The van der Waals surface area contributed by atoms with Crippen molar-refractivity contribution in [2.75, 3.05) is 0 Å². The minimum absolute atomic E-state index is 0.0271. The van der Waals surface area contributed by atoms with Crippen LogP contribution in [-0.2, 0) is 4.79 Å². The van der Waals surface area contributed by atoms with Gasteiger partial charge in [0.1, 0.15) is 5.78 Å². The maximum atomic E-state index is 11.3. The molecule has 0 aromatic rings. The van der Waals surface area contributed by atoms with Crippen molar-refractivity contribution in [3.8, 4) is 0 Å². The number of hydrogen-bond acceptors (Lipinski definition) is 1. The Morgan fingerprint density at radius 1 is 1.50 bits per heavy atom. The maximum Gasteiger partial charge on any atom is 0.142 e. The molecule has 0 saturated heterocycles. The number of carbonyl (C=O) groups is 1. The molecule has 0 aliphatic heterocycles. The number of hydrogen-bond donors (Lipinski definition) is 0. The van der Waals surface area contributed by atoms with Gasteiger partial charge in [-0.15, -0.1) is 0 Å². The summed E-state index contributed by atoms with van der Waals surface area (Å²) in [6.07, 6.45) is 1.02. The smallest absolute Gasteiger partial charge is 0.142 e. The van der Waals surface area contributed by atoms with Gasteiger partial charge in [0, 0.05) is 11.3 Å². The molecule has 0 aromatic heterocycles. The Labute approximate surface area is 62.8 Å². The lowest BCUT2D eigenvalue weighted by Crippen LogP contribution is -2.52. The highest BCUT2D eigenvalue weighted by Crippen LogP contribution is 2.48. The molecule has 2 unspecified atom stereocenters. The number of ketones is 1. The van der Waals surface area contributed by atoms with Crippen LogP contribution in [0.4, 0.5) is 0 Å². The van der Waals surface area contributed by atoms with E-state index in [0.717, 1.165) is 6.42 Å². The van der Waals surface area contributed by atoms with Gasteiger partial charge in [0.15, 0.2) is 0 Å². The standard InChI is InChI=1S/C9H16O/c1-5-7-6(2)9(3,4)8(7)10/h6-7H,5H2,1-4H3. The van der Waals surface area contributed by atoms with E-state index in [1.54, 1.807) is 0 Å². The first-order chi connectivity index (χ1) is 4.51. The highest BCUT2D eigenvalue weighted by Gasteiger charge is 2.51. The van der Waals surface area contributed by atoms with Crippen molar-refractivity contribution < 1.29 is 4.79 Å². The van der Waals surface area contributed by atoms with Gasteiger partial charge in [-0.1, -0.05) is 27.7 Å². The van der Waals surface area contributed by atoms with Crippen molar-refractivity contribution in [2.45, 2.75) is 34.1 Å². The highest BCUT2D eigenvalue weighted by molar-refractivity contribution is 5.92. The first kappa shape index (κ1) is 7.77. The van der Waals surface area contributed by atoms with Gasteiger partial charge in [0.05, 0.1) is 0 Å². The van der Waals surface area contributed by atoms with Crippen LogP contribution in [0.15, 0.2) is 0 Å². The van der Waals surface area contributed by atoms with Crippen LogP contribution in [0, 0.1) is 17.3 Å². The molecule has 1 aliphatic rings. The molecule has 0 amide bonds. The van der Waals surface area contributed by atoms with Gasteiger partial charge < -0.3 is 0 Å². The SMILES string of the molecule is CCC1C(=O)C(C)(C)C1C. The van der Waals surface area contributed by atoms with Crippen LogP contribution < -0.4 is 0 Å². The van der Waals surface area contributed by atoms with E-state index in [2.05, 4.69) is 13.8 Å². The second-order valence-electron chi connectivity index (χ2n) is 3.89. The van der Waals surface area contributed by atoms with E-state index in [9.17, 15) is 4.79 Å². The fraction of sp³-hybridized carbons (Fsp3) is 0.889. The van der Waals surface area contributed by atoms with E-state index in [1.165, 1.54) is 0 Å². The van der Waals surface area contributed by atoms with Crippen LogP contribution in [0.1, 0.15) is 34.1 Å². The van der Waals surface area contributed by atoms with Crippen molar-refractivity contribution >= 4 is 5.78 Å². The predicted molar refractivity (Wildman–Crippen MR) is 41.7 cm³/mol. The summed E-state index contributed by atoms with van der Waals surface area (Å²) in [6, 6.07) is 0. The Kier molecular flexibility index (Phi) is 1.61. The van der Waals surface area contributed by atoms with Gasteiger partial charge in [-0.3, -0.25) is 4.79 Å². The van der Waals surface area contributed by atoms with Gasteiger partial charge in [-0.2, -0.15) is 0 Å². The Bertz CT molecular complexity index is 158. The molecule has 0 bridgehead atoms. The first-order valence-corrected chi connectivity index (χ1v) is 4.06. The molecule has 1 aliphatic carbocycles. The topological polar surface area (TPSA) is 17.1 Å². The lowest BCUT2D eigenvalue weighted by atomic mass is 9.54. The molecular weight excluding hydrogens is 124 g/mol. The summed E-state index contributed by atoms with van der Waals surface area (Å²) in [7, 11) is 0. The van der Waals surface area contributed by atoms with Crippen molar-refractivity contribution in [1.82, 2.24) is 0 Å². The number of Topliss-reactive ketones (excluding diaryl/α,β-unsaturated/α-hetero) is 1. The fourth-order valence-electron chi connectivity index (χ4n) is 1.87. The summed E-state index contributed by atoms with van der Waals surface area (Å²) in [5, 5.41) is 0. The third-order valence-corrected chi connectivity index (χ3v) is 3.15. The highest BCUT2D eigenvalue weighted by atomic mass is 16.1. The molecule has 1 fully saturated rings. The third-order valence-electron chi connectivity index (χ3n) is 3.15. The third kappa shape index (κ3) is 0.727. The molecule has 10 heavy (non-hydrogen) atoms. The Morgan fingerprint density at radius 2 is 2.00 bits per heavy atom. The van der Waals surface area contributed by atoms with Crippen LogP contribution in [0.2, 0.25) is 0 Å². The van der Waals surface area contributed by atoms with Crippen molar-refractivity contribution in [2.24, 2.45) is 17.3 Å².